The molecule has 3 rings (SSSR count). The van der Waals surface area contributed by atoms with Crippen LogP contribution >= 0.6 is 0 Å². The Morgan fingerprint density at radius 2 is 1.43 bits per heavy atom. The summed E-state index contributed by atoms with van der Waals surface area (Å²) in [5.74, 6) is 2.11. The Bertz CT molecular complexity index is 891. The molecule has 0 aromatic heterocycles. The Morgan fingerprint density at radius 3 is 2.11 bits per heavy atom. The smallest absolute Gasteiger partial charge is 0.243 e. The van der Waals surface area contributed by atoms with Crippen LogP contribution in [0.3, 0.4) is 0 Å². The average molecular weight is 374 g/mol. The van der Waals surface area contributed by atoms with Crippen LogP contribution in [0.15, 0.2) is 91.5 Å². The number of rotatable bonds is 9. The molecule has 0 aliphatic heterocycles. The third-order valence-corrected chi connectivity index (χ3v) is 3.79. The van der Waals surface area contributed by atoms with Crippen LogP contribution < -0.4 is 20.1 Å². The minimum atomic E-state index is -0.135. The fourth-order valence-corrected chi connectivity index (χ4v) is 2.44. The molecule has 5 heteroatoms. The highest BCUT2D eigenvalue weighted by Gasteiger charge is 2.03. The predicted molar refractivity (Wildman–Crippen MR) is 112 cm³/mol. The van der Waals surface area contributed by atoms with E-state index in [0.29, 0.717) is 12.3 Å². The van der Waals surface area contributed by atoms with Gasteiger partial charge in [0.25, 0.3) is 0 Å². The molecule has 0 saturated carbocycles. The first-order valence-corrected chi connectivity index (χ1v) is 8.93. The first-order chi connectivity index (χ1) is 13.7. The molecular formula is C23H22N2O3. The van der Waals surface area contributed by atoms with Gasteiger partial charge in [-0.3, -0.25) is 4.79 Å². The van der Waals surface area contributed by atoms with Crippen LogP contribution in [0.2, 0.25) is 0 Å². The molecule has 0 aliphatic carbocycles. The van der Waals surface area contributed by atoms with E-state index in [1.165, 1.54) is 0 Å². The summed E-state index contributed by atoms with van der Waals surface area (Å²) in [6, 6.07) is 24.2. The summed E-state index contributed by atoms with van der Waals surface area (Å²) in [6.45, 7) is 4.22. The van der Waals surface area contributed by atoms with Gasteiger partial charge in [-0.2, -0.15) is 0 Å². The molecule has 3 aromatic rings. The second kappa shape index (κ2) is 9.83. The normalized spacial score (nSPS) is 10.0. The van der Waals surface area contributed by atoms with Gasteiger partial charge in [0, 0.05) is 11.4 Å². The molecule has 142 valence electrons. The molecule has 0 aliphatic rings. The van der Waals surface area contributed by atoms with Gasteiger partial charge < -0.3 is 20.1 Å². The Morgan fingerprint density at radius 1 is 0.821 bits per heavy atom. The number of amides is 1. The van der Waals surface area contributed by atoms with Gasteiger partial charge in [-0.05, 0) is 60.7 Å². The average Bonchev–Trinajstić information content (AvgIpc) is 2.73. The summed E-state index contributed by atoms with van der Waals surface area (Å²) < 4.78 is 11.2. The highest BCUT2D eigenvalue weighted by Crippen LogP contribution is 2.22. The van der Waals surface area contributed by atoms with Crippen molar-refractivity contribution < 1.29 is 14.3 Å². The molecule has 1 amide bonds. The van der Waals surface area contributed by atoms with Crippen LogP contribution in [-0.4, -0.2) is 19.1 Å². The van der Waals surface area contributed by atoms with Gasteiger partial charge in [0.05, 0.1) is 6.54 Å². The molecule has 0 saturated heterocycles. The molecule has 0 heterocycles. The van der Waals surface area contributed by atoms with Crippen LogP contribution in [-0.2, 0) is 4.79 Å². The van der Waals surface area contributed by atoms with Crippen LogP contribution in [0.25, 0.3) is 0 Å². The van der Waals surface area contributed by atoms with Gasteiger partial charge >= 0.3 is 0 Å². The highest BCUT2D eigenvalue weighted by atomic mass is 16.5. The van der Waals surface area contributed by atoms with Gasteiger partial charge in [-0.1, -0.05) is 30.9 Å². The number of ether oxygens (including phenoxy) is 2. The maximum absolute atomic E-state index is 12.1. The van der Waals surface area contributed by atoms with Crippen molar-refractivity contribution in [2.75, 3.05) is 23.8 Å². The van der Waals surface area contributed by atoms with Gasteiger partial charge in [0.15, 0.2) is 0 Å². The zero-order chi connectivity index (χ0) is 19.6. The third kappa shape index (κ3) is 5.92. The fourth-order valence-electron chi connectivity index (χ4n) is 2.44. The Labute approximate surface area is 164 Å². The number of carbonyl (C=O) groups excluding carboxylic acids is 1. The Balaban J connectivity index is 1.45. The monoisotopic (exact) mass is 374 g/mol. The van der Waals surface area contributed by atoms with E-state index in [9.17, 15) is 4.79 Å². The Kier molecular flexibility index (Phi) is 6.68. The molecule has 0 fully saturated rings. The Hall–Kier alpha value is -3.73. The molecule has 0 bridgehead atoms. The van der Waals surface area contributed by atoms with Crippen LogP contribution in [0.1, 0.15) is 0 Å². The topological polar surface area (TPSA) is 59.6 Å². The van der Waals surface area contributed by atoms with Crippen LogP contribution in [0.5, 0.6) is 17.2 Å². The largest absolute Gasteiger partial charge is 0.490 e. The van der Waals surface area contributed by atoms with Crippen molar-refractivity contribution in [3.8, 4) is 17.2 Å². The maximum Gasteiger partial charge on any atom is 0.243 e. The van der Waals surface area contributed by atoms with Gasteiger partial charge in [0.2, 0.25) is 5.91 Å². The van der Waals surface area contributed by atoms with Gasteiger partial charge in [-0.15, -0.1) is 0 Å². The molecule has 28 heavy (non-hydrogen) atoms. The first kappa shape index (κ1) is 19.0. The van der Waals surface area contributed by atoms with Gasteiger partial charge in [-0.25, -0.2) is 0 Å². The summed E-state index contributed by atoms with van der Waals surface area (Å²) >= 11 is 0. The van der Waals surface area contributed by atoms with E-state index in [4.69, 9.17) is 9.47 Å². The van der Waals surface area contributed by atoms with E-state index in [0.717, 1.165) is 22.9 Å². The highest BCUT2D eigenvalue weighted by molar-refractivity contribution is 5.93. The summed E-state index contributed by atoms with van der Waals surface area (Å²) in [4.78, 5) is 12.1. The van der Waals surface area contributed by atoms with Crippen LogP contribution in [0, 0.1) is 0 Å². The predicted octanol–water partition coefficient (Wildman–Crippen LogP) is 5.09. The van der Waals surface area contributed by atoms with E-state index in [2.05, 4.69) is 17.2 Å². The van der Waals surface area contributed by atoms with E-state index in [-0.39, 0.29) is 12.5 Å². The second-order valence-electron chi connectivity index (χ2n) is 5.97. The number of anilines is 2. The lowest BCUT2D eigenvalue weighted by atomic mass is 10.3. The molecule has 5 nitrogen and oxygen atoms in total. The number of nitrogens with one attached hydrogen (secondary N) is 2. The number of para-hydroxylation sites is 1. The maximum atomic E-state index is 12.1. The van der Waals surface area contributed by atoms with Crippen molar-refractivity contribution in [1.82, 2.24) is 0 Å². The number of hydrogen-bond donors (Lipinski definition) is 2. The molecule has 0 spiro atoms. The van der Waals surface area contributed by atoms with Gasteiger partial charge in [0.1, 0.15) is 23.9 Å². The van der Waals surface area contributed by atoms with Crippen molar-refractivity contribution >= 4 is 17.3 Å². The molecule has 2 N–H and O–H groups in total. The number of benzene rings is 3. The van der Waals surface area contributed by atoms with E-state index >= 15 is 0 Å². The molecular weight excluding hydrogens is 352 g/mol. The summed E-state index contributed by atoms with van der Waals surface area (Å²) in [6.07, 6.45) is 1.68. The summed E-state index contributed by atoms with van der Waals surface area (Å²) in [7, 11) is 0. The summed E-state index contributed by atoms with van der Waals surface area (Å²) in [5, 5.41) is 5.93. The lowest BCUT2D eigenvalue weighted by Crippen LogP contribution is -2.21. The number of hydrogen-bond acceptors (Lipinski definition) is 4. The van der Waals surface area contributed by atoms with E-state index < -0.39 is 0 Å². The molecule has 0 atom stereocenters. The number of carbonyl (C=O) groups is 1. The zero-order valence-corrected chi connectivity index (χ0v) is 15.4. The molecule has 0 radical (unpaired) electrons. The first-order valence-electron chi connectivity index (χ1n) is 8.93. The zero-order valence-electron chi connectivity index (χ0n) is 15.4. The minimum absolute atomic E-state index is 0.135. The quantitative estimate of drug-likeness (QED) is 0.512. The summed E-state index contributed by atoms with van der Waals surface area (Å²) in [5.41, 5.74) is 1.55. The van der Waals surface area contributed by atoms with Crippen molar-refractivity contribution in [3.05, 3.63) is 91.5 Å². The lowest BCUT2D eigenvalue weighted by Gasteiger charge is -2.10. The van der Waals surface area contributed by atoms with Crippen molar-refractivity contribution in [2.24, 2.45) is 0 Å². The van der Waals surface area contributed by atoms with Crippen molar-refractivity contribution in [3.63, 3.8) is 0 Å². The molecule has 3 aromatic carbocycles. The fraction of sp³-hybridized carbons (Fsp3) is 0.0870. The third-order valence-electron chi connectivity index (χ3n) is 3.79. The van der Waals surface area contributed by atoms with E-state index in [1.54, 1.807) is 30.3 Å². The minimum Gasteiger partial charge on any atom is -0.490 e. The second-order valence-corrected chi connectivity index (χ2v) is 5.97. The molecule has 0 unspecified atom stereocenters. The SMILES string of the molecule is C=CCOc1ccc(NC(=O)CNc2ccc(Oc3ccccc3)cc2)cc1. The standard InChI is InChI=1S/C23H22N2O3/c1-2-16-27-20-12-10-19(11-13-20)25-23(26)17-24-18-8-14-22(15-9-18)28-21-6-4-3-5-7-21/h2-15,24H,1,16-17H2,(H,25,26). The van der Waals surface area contributed by atoms with Crippen molar-refractivity contribution in [1.29, 1.82) is 0 Å². The van der Waals surface area contributed by atoms with Crippen molar-refractivity contribution in [2.45, 2.75) is 0 Å². The lowest BCUT2D eigenvalue weighted by molar-refractivity contribution is -0.114. The van der Waals surface area contributed by atoms with Crippen LogP contribution in [0.4, 0.5) is 11.4 Å². The van der Waals surface area contributed by atoms with E-state index in [1.807, 2.05) is 54.6 Å².